The van der Waals surface area contributed by atoms with Crippen LogP contribution in [0.2, 0.25) is 0 Å². The Hall–Kier alpha value is -0.570. The molecular formula is C9H19NO2. The minimum atomic E-state index is 0.114. The van der Waals surface area contributed by atoms with E-state index in [1.54, 1.807) is 6.92 Å². The van der Waals surface area contributed by atoms with Crippen LogP contribution >= 0.6 is 0 Å². The summed E-state index contributed by atoms with van der Waals surface area (Å²) in [5.41, 5.74) is 0. The third kappa shape index (κ3) is 4.34. The van der Waals surface area contributed by atoms with Crippen LogP contribution in [0.4, 0.5) is 0 Å². The van der Waals surface area contributed by atoms with Gasteiger partial charge in [0.15, 0.2) is 0 Å². The first-order chi connectivity index (χ1) is 5.59. The van der Waals surface area contributed by atoms with Crippen molar-refractivity contribution in [1.82, 2.24) is 4.90 Å². The maximum absolute atomic E-state index is 11.0. The van der Waals surface area contributed by atoms with Crippen molar-refractivity contribution in [2.75, 3.05) is 13.2 Å². The SMILES string of the molecule is CC(=O)N(CCCCO)C(C)C. The van der Waals surface area contributed by atoms with E-state index in [0.29, 0.717) is 0 Å². The molecule has 0 atom stereocenters. The molecule has 72 valence electrons. The number of aliphatic hydroxyl groups excluding tert-OH is 1. The van der Waals surface area contributed by atoms with Crippen LogP contribution in [0, 0.1) is 0 Å². The van der Waals surface area contributed by atoms with Gasteiger partial charge in [0.05, 0.1) is 0 Å². The van der Waals surface area contributed by atoms with Crippen molar-refractivity contribution in [3.05, 3.63) is 0 Å². The second-order valence-electron chi connectivity index (χ2n) is 3.24. The highest BCUT2D eigenvalue weighted by Crippen LogP contribution is 2.01. The Labute approximate surface area is 74.4 Å². The van der Waals surface area contributed by atoms with E-state index >= 15 is 0 Å². The number of hydrogen-bond acceptors (Lipinski definition) is 2. The van der Waals surface area contributed by atoms with E-state index in [4.69, 9.17) is 5.11 Å². The molecule has 0 unspecified atom stereocenters. The average Bonchev–Trinajstić information content (AvgIpc) is 1.96. The van der Waals surface area contributed by atoms with Crippen molar-refractivity contribution in [2.24, 2.45) is 0 Å². The number of nitrogens with zero attached hydrogens (tertiary/aromatic N) is 1. The second-order valence-corrected chi connectivity index (χ2v) is 3.24. The molecule has 0 fully saturated rings. The lowest BCUT2D eigenvalue weighted by Crippen LogP contribution is -2.35. The number of rotatable bonds is 5. The summed E-state index contributed by atoms with van der Waals surface area (Å²) in [4.78, 5) is 12.9. The van der Waals surface area contributed by atoms with E-state index in [9.17, 15) is 4.79 Å². The van der Waals surface area contributed by atoms with Gasteiger partial charge in [-0.2, -0.15) is 0 Å². The number of aliphatic hydroxyl groups is 1. The third-order valence-electron chi connectivity index (χ3n) is 1.83. The van der Waals surface area contributed by atoms with Gasteiger partial charge in [0, 0.05) is 26.1 Å². The topological polar surface area (TPSA) is 40.5 Å². The van der Waals surface area contributed by atoms with Crippen molar-refractivity contribution >= 4 is 5.91 Å². The fourth-order valence-corrected chi connectivity index (χ4v) is 1.17. The number of carbonyl (C=O) groups excluding carboxylic acids is 1. The predicted molar refractivity (Wildman–Crippen MR) is 48.8 cm³/mol. The fourth-order valence-electron chi connectivity index (χ4n) is 1.17. The van der Waals surface area contributed by atoms with Gasteiger partial charge in [-0.1, -0.05) is 0 Å². The Morgan fingerprint density at radius 2 is 2.00 bits per heavy atom. The first-order valence-corrected chi connectivity index (χ1v) is 4.47. The molecule has 0 aromatic heterocycles. The summed E-state index contributed by atoms with van der Waals surface area (Å²) >= 11 is 0. The summed E-state index contributed by atoms with van der Waals surface area (Å²) in [5.74, 6) is 0.114. The molecule has 0 aromatic carbocycles. The third-order valence-corrected chi connectivity index (χ3v) is 1.83. The molecular weight excluding hydrogens is 154 g/mol. The van der Waals surface area contributed by atoms with Gasteiger partial charge in [-0.3, -0.25) is 4.79 Å². The summed E-state index contributed by atoms with van der Waals surface area (Å²) in [7, 11) is 0. The Morgan fingerprint density at radius 3 is 2.33 bits per heavy atom. The minimum absolute atomic E-state index is 0.114. The van der Waals surface area contributed by atoms with Crippen LogP contribution in [0.5, 0.6) is 0 Å². The van der Waals surface area contributed by atoms with Crippen molar-refractivity contribution in [2.45, 2.75) is 39.7 Å². The largest absolute Gasteiger partial charge is 0.396 e. The van der Waals surface area contributed by atoms with Gasteiger partial charge in [0.2, 0.25) is 5.91 Å². The first kappa shape index (κ1) is 11.4. The molecule has 0 saturated heterocycles. The lowest BCUT2D eigenvalue weighted by molar-refractivity contribution is -0.130. The standard InChI is InChI=1S/C9H19NO2/c1-8(2)10(9(3)12)6-4-5-7-11/h8,11H,4-7H2,1-3H3. The van der Waals surface area contributed by atoms with Crippen LogP contribution in [-0.2, 0) is 4.79 Å². The average molecular weight is 173 g/mol. The Balaban J connectivity index is 3.72. The molecule has 0 aliphatic carbocycles. The van der Waals surface area contributed by atoms with Crippen LogP contribution < -0.4 is 0 Å². The summed E-state index contributed by atoms with van der Waals surface area (Å²) in [6.45, 7) is 6.55. The van der Waals surface area contributed by atoms with Gasteiger partial charge < -0.3 is 10.0 Å². The molecule has 1 amide bonds. The molecule has 0 saturated carbocycles. The predicted octanol–water partition coefficient (Wildman–Crippen LogP) is 1.02. The Bertz CT molecular complexity index is 134. The minimum Gasteiger partial charge on any atom is -0.396 e. The zero-order valence-corrected chi connectivity index (χ0v) is 8.21. The maximum atomic E-state index is 11.0. The van der Waals surface area contributed by atoms with Gasteiger partial charge in [-0.15, -0.1) is 0 Å². The molecule has 0 aromatic rings. The number of hydrogen-bond donors (Lipinski definition) is 1. The van der Waals surface area contributed by atoms with Gasteiger partial charge in [-0.25, -0.2) is 0 Å². The highest BCUT2D eigenvalue weighted by atomic mass is 16.2. The molecule has 12 heavy (non-hydrogen) atoms. The van der Waals surface area contributed by atoms with Crippen molar-refractivity contribution in [1.29, 1.82) is 0 Å². The highest BCUT2D eigenvalue weighted by Gasteiger charge is 2.10. The molecule has 0 heterocycles. The lowest BCUT2D eigenvalue weighted by Gasteiger charge is -2.25. The lowest BCUT2D eigenvalue weighted by atomic mass is 10.2. The van der Waals surface area contributed by atoms with E-state index in [1.165, 1.54) is 0 Å². The van der Waals surface area contributed by atoms with E-state index in [2.05, 4.69) is 0 Å². The maximum Gasteiger partial charge on any atom is 0.219 e. The summed E-state index contributed by atoms with van der Waals surface area (Å²) < 4.78 is 0. The number of carbonyl (C=O) groups is 1. The smallest absolute Gasteiger partial charge is 0.219 e. The molecule has 3 nitrogen and oxygen atoms in total. The number of amides is 1. The second kappa shape index (κ2) is 6.00. The molecule has 1 N–H and O–H groups in total. The normalized spacial score (nSPS) is 10.4. The molecule has 0 rings (SSSR count). The molecule has 0 bridgehead atoms. The monoisotopic (exact) mass is 173 g/mol. The number of unbranched alkanes of at least 4 members (excludes halogenated alkanes) is 1. The zero-order chi connectivity index (χ0) is 9.56. The van der Waals surface area contributed by atoms with Gasteiger partial charge >= 0.3 is 0 Å². The highest BCUT2D eigenvalue weighted by molar-refractivity contribution is 5.73. The summed E-state index contributed by atoms with van der Waals surface area (Å²) in [6.07, 6.45) is 1.66. The molecule has 0 aliphatic rings. The fraction of sp³-hybridized carbons (Fsp3) is 0.889. The van der Waals surface area contributed by atoms with Crippen LogP contribution in [0.15, 0.2) is 0 Å². The molecule has 0 radical (unpaired) electrons. The summed E-state index contributed by atoms with van der Waals surface area (Å²) in [6, 6.07) is 0.265. The van der Waals surface area contributed by atoms with Gasteiger partial charge in [-0.05, 0) is 26.7 Å². The quantitative estimate of drug-likeness (QED) is 0.630. The van der Waals surface area contributed by atoms with Gasteiger partial charge in [0.1, 0.15) is 0 Å². The van der Waals surface area contributed by atoms with Crippen LogP contribution in [0.25, 0.3) is 0 Å². The molecule has 0 spiro atoms. The van der Waals surface area contributed by atoms with E-state index < -0.39 is 0 Å². The van der Waals surface area contributed by atoms with E-state index in [-0.39, 0.29) is 18.6 Å². The Morgan fingerprint density at radius 1 is 1.42 bits per heavy atom. The van der Waals surface area contributed by atoms with Crippen molar-refractivity contribution in [3.8, 4) is 0 Å². The van der Waals surface area contributed by atoms with Crippen molar-refractivity contribution in [3.63, 3.8) is 0 Å². The van der Waals surface area contributed by atoms with Crippen LogP contribution in [0.3, 0.4) is 0 Å². The van der Waals surface area contributed by atoms with Crippen LogP contribution in [0.1, 0.15) is 33.6 Å². The molecule has 3 heteroatoms. The van der Waals surface area contributed by atoms with Crippen LogP contribution in [-0.4, -0.2) is 35.1 Å². The molecule has 0 aliphatic heterocycles. The zero-order valence-electron chi connectivity index (χ0n) is 8.21. The van der Waals surface area contributed by atoms with E-state index in [1.807, 2.05) is 18.7 Å². The summed E-state index contributed by atoms with van der Waals surface area (Å²) in [5, 5.41) is 8.55. The van der Waals surface area contributed by atoms with E-state index in [0.717, 1.165) is 19.4 Å². The first-order valence-electron chi connectivity index (χ1n) is 4.47. The Kier molecular flexibility index (Phi) is 5.72. The van der Waals surface area contributed by atoms with Gasteiger partial charge in [0.25, 0.3) is 0 Å². The van der Waals surface area contributed by atoms with Crippen molar-refractivity contribution < 1.29 is 9.90 Å².